The van der Waals surface area contributed by atoms with Gasteiger partial charge in [-0.3, -0.25) is 0 Å². The van der Waals surface area contributed by atoms with Gasteiger partial charge < -0.3 is 4.98 Å². The van der Waals surface area contributed by atoms with Crippen LogP contribution in [0.3, 0.4) is 0 Å². The molecule has 146 valence electrons. The number of hydrogen-bond donors (Lipinski definition) is 1. The van der Waals surface area contributed by atoms with E-state index >= 15 is 0 Å². The van der Waals surface area contributed by atoms with Crippen molar-refractivity contribution in [2.45, 2.75) is 130 Å². The number of aryl methyl sites for hydroxylation is 2. The SMILES string of the molecule is CCCCCc1[nH]c(CCCCC)c(CCCCC)c1CCCCC. The van der Waals surface area contributed by atoms with Crippen LogP contribution in [0.25, 0.3) is 0 Å². The van der Waals surface area contributed by atoms with Crippen LogP contribution in [0.15, 0.2) is 0 Å². The fourth-order valence-corrected chi connectivity index (χ4v) is 3.93. The lowest BCUT2D eigenvalue weighted by molar-refractivity contribution is 0.677. The van der Waals surface area contributed by atoms with Crippen LogP contribution < -0.4 is 0 Å². The summed E-state index contributed by atoms with van der Waals surface area (Å²) >= 11 is 0. The first-order valence-corrected chi connectivity index (χ1v) is 11.5. The smallest absolute Gasteiger partial charge is 0.0184 e. The van der Waals surface area contributed by atoms with Crippen LogP contribution in [0.1, 0.15) is 127 Å². The van der Waals surface area contributed by atoms with Crippen molar-refractivity contribution in [3.63, 3.8) is 0 Å². The van der Waals surface area contributed by atoms with E-state index in [1.165, 1.54) is 103 Å². The van der Waals surface area contributed by atoms with Gasteiger partial charge in [-0.2, -0.15) is 0 Å². The van der Waals surface area contributed by atoms with Crippen molar-refractivity contribution in [2.75, 3.05) is 0 Å². The molecule has 1 N–H and O–H groups in total. The van der Waals surface area contributed by atoms with Gasteiger partial charge in [0, 0.05) is 11.4 Å². The van der Waals surface area contributed by atoms with Gasteiger partial charge in [0.2, 0.25) is 0 Å². The first-order chi connectivity index (χ1) is 12.3. The maximum absolute atomic E-state index is 3.92. The summed E-state index contributed by atoms with van der Waals surface area (Å²) in [6.45, 7) is 9.25. The van der Waals surface area contributed by atoms with Crippen LogP contribution in [-0.2, 0) is 25.7 Å². The predicted molar refractivity (Wildman–Crippen MR) is 114 cm³/mol. The van der Waals surface area contributed by atoms with Crippen molar-refractivity contribution in [2.24, 2.45) is 0 Å². The molecule has 0 aliphatic carbocycles. The molecule has 25 heavy (non-hydrogen) atoms. The second-order valence-corrected chi connectivity index (χ2v) is 7.87. The zero-order chi connectivity index (χ0) is 18.3. The lowest BCUT2D eigenvalue weighted by atomic mass is 9.94. The van der Waals surface area contributed by atoms with Crippen molar-refractivity contribution >= 4 is 0 Å². The van der Waals surface area contributed by atoms with E-state index in [-0.39, 0.29) is 0 Å². The predicted octanol–water partition coefficient (Wildman–Crippen LogP) is 7.95. The monoisotopic (exact) mass is 347 g/mol. The number of aromatic nitrogens is 1. The number of rotatable bonds is 16. The van der Waals surface area contributed by atoms with Crippen LogP contribution >= 0.6 is 0 Å². The molecule has 0 aliphatic heterocycles. The van der Waals surface area contributed by atoms with Crippen LogP contribution in [0.2, 0.25) is 0 Å². The topological polar surface area (TPSA) is 15.8 Å². The summed E-state index contributed by atoms with van der Waals surface area (Å²) in [7, 11) is 0. The van der Waals surface area contributed by atoms with Gasteiger partial charge in [0.15, 0.2) is 0 Å². The van der Waals surface area contributed by atoms with E-state index in [0.717, 1.165) is 0 Å². The van der Waals surface area contributed by atoms with E-state index in [9.17, 15) is 0 Å². The molecule has 0 radical (unpaired) electrons. The third-order valence-corrected chi connectivity index (χ3v) is 5.52. The highest BCUT2D eigenvalue weighted by Crippen LogP contribution is 2.27. The fourth-order valence-electron chi connectivity index (χ4n) is 3.93. The molecule has 1 heteroatoms. The maximum atomic E-state index is 3.92. The Hall–Kier alpha value is -0.720. The number of H-pyrrole nitrogens is 1. The lowest BCUT2D eigenvalue weighted by Gasteiger charge is -2.09. The van der Waals surface area contributed by atoms with E-state index in [1.54, 1.807) is 22.5 Å². The minimum Gasteiger partial charge on any atom is -0.362 e. The average molecular weight is 348 g/mol. The third kappa shape index (κ3) is 8.47. The first kappa shape index (κ1) is 22.3. The molecule has 0 aromatic carbocycles. The molecule has 0 bridgehead atoms. The van der Waals surface area contributed by atoms with E-state index in [2.05, 4.69) is 32.7 Å². The maximum Gasteiger partial charge on any atom is 0.0184 e. The fraction of sp³-hybridized carbons (Fsp3) is 0.833. The largest absolute Gasteiger partial charge is 0.362 e. The molecule has 1 aromatic rings. The molecule has 0 spiro atoms. The second kappa shape index (κ2) is 14.4. The Labute approximate surface area is 158 Å². The number of unbranched alkanes of at least 4 members (excludes halogenated alkanes) is 8. The van der Waals surface area contributed by atoms with Crippen molar-refractivity contribution in [1.82, 2.24) is 4.98 Å². The van der Waals surface area contributed by atoms with Crippen molar-refractivity contribution in [3.05, 3.63) is 22.5 Å². The normalized spacial score (nSPS) is 11.4. The van der Waals surface area contributed by atoms with Gasteiger partial charge in [0.25, 0.3) is 0 Å². The summed E-state index contributed by atoms with van der Waals surface area (Å²) in [4.78, 5) is 3.92. The average Bonchev–Trinajstić information content (AvgIpc) is 2.93. The number of nitrogens with one attached hydrogen (secondary N) is 1. The molecule has 0 unspecified atom stereocenters. The van der Waals surface area contributed by atoms with Crippen LogP contribution in [-0.4, -0.2) is 4.98 Å². The molecule has 0 atom stereocenters. The van der Waals surface area contributed by atoms with Crippen molar-refractivity contribution in [1.29, 1.82) is 0 Å². The third-order valence-electron chi connectivity index (χ3n) is 5.52. The quantitative estimate of drug-likeness (QED) is 0.292. The summed E-state index contributed by atoms with van der Waals surface area (Å²) in [6, 6.07) is 0. The molecular formula is C24H45N. The summed E-state index contributed by atoms with van der Waals surface area (Å²) in [6.07, 6.45) is 21.3. The highest BCUT2D eigenvalue weighted by atomic mass is 14.7. The Morgan fingerprint density at radius 1 is 0.440 bits per heavy atom. The molecular weight excluding hydrogens is 302 g/mol. The molecule has 0 amide bonds. The van der Waals surface area contributed by atoms with E-state index in [0.29, 0.717) is 0 Å². The molecule has 0 aliphatic rings. The number of aromatic amines is 1. The number of hydrogen-bond acceptors (Lipinski definition) is 0. The standard InChI is InChI=1S/C24H45N/c1-5-9-13-17-21-22(18-14-10-6-2)24(20-16-12-8-4)25-23(21)19-15-11-7-3/h25H,5-20H2,1-4H3. The van der Waals surface area contributed by atoms with Crippen LogP contribution in [0, 0.1) is 0 Å². The van der Waals surface area contributed by atoms with Gasteiger partial charge in [0.1, 0.15) is 0 Å². The van der Waals surface area contributed by atoms with Gasteiger partial charge in [-0.15, -0.1) is 0 Å². The summed E-state index contributed by atoms with van der Waals surface area (Å²) in [5, 5.41) is 0. The Kier molecular flexibility index (Phi) is 12.9. The Bertz CT molecular complexity index is 391. The van der Waals surface area contributed by atoms with Crippen molar-refractivity contribution < 1.29 is 0 Å². The lowest BCUT2D eigenvalue weighted by Crippen LogP contribution is -1.98. The summed E-state index contributed by atoms with van der Waals surface area (Å²) in [5.74, 6) is 0. The van der Waals surface area contributed by atoms with Crippen LogP contribution in [0.5, 0.6) is 0 Å². The first-order valence-electron chi connectivity index (χ1n) is 11.5. The van der Waals surface area contributed by atoms with Gasteiger partial charge in [-0.25, -0.2) is 0 Å². The van der Waals surface area contributed by atoms with E-state index in [1.807, 2.05) is 0 Å². The highest BCUT2D eigenvalue weighted by molar-refractivity contribution is 5.38. The molecule has 1 rings (SSSR count). The molecule has 0 saturated heterocycles. The summed E-state index contributed by atoms with van der Waals surface area (Å²) in [5.41, 5.74) is 6.66. The summed E-state index contributed by atoms with van der Waals surface area (Å²) < 4.78 is 0. The Balaban J connectivity index is 2.93. The second-order valence-electron chi connectivity index (χ2n) is 7.87. The molecule has 0 fully saturated rings. The van der Waals surface area contributed by atoms with Gasteiger partial charge >= 0.3 is 0 Å². The zero-order valence-corrected chi connectivity index (χ0v) is 17.8. The molecule has 1 aromatic heterocycles. The van der Waals surface area contributed by atoms with Gasteiger partial charge in [-0.05, 0) is 62.5 Å². The highest BCUT2D eigenvalue weighted by Gasteiger charge is 2.16. The minimum atomic E-state index is 1.27. The Morgan fingerprint density at radius 2 is 0.760 bits per heavy atom. The molecule has 0 saturated carbocycles. The molecule has 1 heterocycles. The Morgan fingerprint density at radius 3 is 1.08 bits per heavy atom. The van der Waals surface area contributed by atoms with Gasteiger partial charge in [0.05, 0.1) is 0 Å². The van der Waals surface area contributed by atoms with Crippen LogP contribution in [0.4, 0.5) is 0 Å². The molecule has 1 nitrogen and oxygen atoms in total. The van der Waals surface area contributed by atoms with E-state index in [4.69, 9.17) is 0 Å². The zero-order valence-electron chi connectivity index (χ0n) is 17.8. The van der Waals surface area contributed by atoms with E-state index < -0.39 is 0 Å². The van der Waals surface area contributed by atoms with Gasteiger partial charge in [-0.1, -0.05) is 79.1 Å². The van der Waals surface area contributed by atoms with Crippen molar-refractivity contribution in [3.8, 4) is 0 Å². The minimum absolute atomic E-state index is 1.27.